The Morgan fingerprint density at radius 2 is 2.16 bits per heavy atom. The number of carbonyl (C=O) groups is 1. The number of amides is 1. The fourth-order valence-electron chi connectivity index (χ4n) is 1.28. The van der Waals surface area contributed by atoms with Crippen LogP contribution in [-0.2, 0) is 11.3 Å². The summed E-state index contributed by atoms with van der Waals surface area (Å²) in [6.45, 7) is 5.71. The Hall–Kier alpha value is -1.63. The molecular formula is C12H14BrN3O3. The summed E-state index contributed by atoms with van der Waals surface area (Å²) in [6, 6.07) is 3.47. The first-order valence-corrected chi connectivity index (χ1v) is 6.52. The fraction of sp³-hybridized carbons (Fsp3) is 0.417. The smallest absolute Gasteiger partial charge is 0.246 e. The van der Waals surface area contributed by atoms with Gasteiger partial charge in [-0.05, 0) is 28.1 Å². The number of hydrogen-bond donors (Lipinski definition) is 1. The Labute approximate surface area is 118 Å². The predicted molar refractivity (Wildman–Crippen MR) is 71.0 cm³/mol. The number of nitrogens with one attached hydrogen (secondary N) is 1. The van der Waals surface area contributed by atoms with Crippen molar-refractivity contribution in [3.05, 3.63) is 22.7 Å². The lowest BCUT2D eigenvalue weighted by atomic mass is 9.96. The van der Waals surface area contributed by atoms with Gasteiger partial charge >= 0.3 is 0 Å². The minimum absolute atomic E-state index is 0.0759. The van der Waals surface area contributed by atoms with Crippen LogP contribution < -0.4 is 5.32 Å². The van der Waals surface area contributed by atoms with Crippen molar-refractivity contribution in [2.45, 2.75) is 27.3 Å². The van der Waals surface area contributed by atoms with Gasteiger partial charge in [-0.15, -0.1) is 0 Å². The molecule has 0 radical (unpaired) electrons. The Morgan fingerprint density at radius 3 is 2.74 bits per heavy atom. The fourth-order valence-corrected chi connectivity index (χ4v) is 1.59. The number of carbonyl (C=O) groups excluding carboxylic acids is 1. The van der Waals surface area contributed by atoms with Crippen LogP contribution in [0.5, 0.6) is 0 Å². The molecule has 2 heterocycles. The van der Waals surface area contributed by atoms with Crippen LogP contribution in [0.2, 0.25) is 0 Å². The lowest BCUT2D eigenvalue weighted by Gasteiger charge is -2.16. The van der Waals surface area contributed by atoms with E-state index in [2.05, 4.69) is 31.4 Å². The molecule has 0 aliphatic rings. The highest BCUT2D eigenvalue weighted by molar-refractivity contribution is 9.10. The zero-order chi connectivity index (χ0) is 14.0. The number of furan rings is 1. The monoisotopic (exact) mass is 327 g/mol. The van der Waals surface area contributed by atoms with Gasteiger partial charge in [0.05, 0.1) is 6.54 Å². The Bertz CT molecular complexity index is 583. The maximum atomic E-state index is 11.7. The second-order valence-corrected chi connectivity index (χ2v) is 5.83. The van der Waals surface area contributed by atoms with Crippen LogP contribution in [0.15, 0.2) is 25.7 Å². The van der Waals surface area contributed by atoms with Gasteiger partial charge in [0, 0.05) is 5.41 Å². The van der Waals surface area contributed by atoms with E-state index in [4.69, 9.17) is 8.94 Å². The van der Waals surface area contributed by atoms with Crippen molar-refractivity contribution in [2.75, 3.05) is 0 Å². The van der Waals surface area contributed by atoms with E-state index in [1.54, 1.807) is 12.1 Å². The summed E-state index contributed by atoms with van der Waals surface area (Å²) in [5.74, 6) is 1.11. The molecule has 0 aliphatic carbocycles. The first-order chi connectivity index (χ1) is 8.86. The van der Waals surface area contributed by atoms with Crippen LogP contribution >= 0.6 is 15.9 Å². The van der Waals surface area contributed by atoms with E-state index in [1.165, 1.54) is 0 Å². The zero-order valence-electron chi connectivity index (χ0n) is 10.9. The summed E-state index contributed by atoms with van der Waals surface area (Å²) >= 11 is 3.20. The van der Waals surface area contributed by atoms with Gasteiger partial charge in [-0.25, -0.2) is 0 Å². The normalized spacial score (nSPS) is 11.6. The molecule has 7 heteroatoms. The van der Waals surface area contributed by atoms with Crippen molar-refractivity contribution in [3.63, 3.8) is 0 Å². The summed E-state index contributed by atoms with van der Waals surface area (Å²) in [5, 5.41) is 6.52. The third-order valence-corrected chi connectivity index (χ3v) is 2.77. The largest absolute Gasteiger partial charge is 0.446 e. The molecule has 0 aliphatic heterocycles. The number of rotatable bonds is 3. The Kier molecular flexibility index (Phi) is 3.75. The molecule has 1 N–H and O–H groups in total. The summed E-state index contributed by atoms with van der Waals surface area (Å²) in [4.78, 5) is 15.8. The van der Waals surface area contributed by atoms with Gasteiger partial charge in [-0.3, -0.25) is 4.79 Å². The molecule has 0 unspecified atom stereocenters. The average molecular weight is 328 g/mol. The average Bonchev–Trinajstić information content (AvgIpc) is 2.93. The zero-order valence-corrected chi connectivity index (χ0v) is 12.4. The summed E-state index contributed by atoms with van der Waals surface area (Å²) in [6.07, 6.45) is 0. The molecule has 1 amide bonds. The summed E-state index contributed by atoms with van der Waals surface area (Å²) in [7, 11) is 0. The van der Waals surface area contributed by atoms with Crippen molar-refractivity contribution in [2.24, 2.45) is 5.41 Å². The topological polar surface area (TPSA) is 81.2 Å². The van der Waals surface area contributed by atoms with E-state index in [1.807, 2.05) is 20.8 Å². The van der Waals surface area contributed by atoms with Gasteiger partial charge in [-0.2, -0.15) is 4.98 Å². The Morgan fingerprint density at radius 1 is 1.42 bits per heavy atom. The highest BCUT2D eigenvalue weighted by Gasteiger charge is 2.21. The number of halogens is 1. The molecule has 0 spiro atoms. The lowest BCUT2D eigenvalue weighted by Crippen LogP contribution is -2.34. The van der Waals surface area contributed by atoms with Gasteiger partial charge in [0.1, 0.15) is 0 Å². The summed E-state index contributed by atoms with van der Waals surface area (Å²) < 4.78 is 10.9. The van der Waals surface area contributed by atoms with Gasteiger partial charge in [0.25, 0.3) is 0 Å². The van der Waals surface area contributed by atoms with Gasteiger partial charge in [-0.1, -0.05) is 25.9 Å². The highest BCUT2D eigenvalue weighted by Crippen LogP contribution is 2.22. The van der Waals surface area contributed by atoms with E-state index < -0.39 is 5.41 Å². The molecule has 0 saturated heterocycles. The third-order valence-electron chi connectivity index (χ3n) is 2.34. The molecule has 2 aromatic rings. The number of aromatic nitrogens is 2. The van der Waals surface area contributed by atoms with E-state index in [9.17, 15) is 4.79 Å². The minimum Gasteiger partial charge on any atom is -0.446 e. The van der Waals surface area contributed by atoms with Crippen LogP contribution in [0, 0.1) is 5.41 Å². The standard InChI is InChI=1S/C12H14BrN3O3/c1-12(2,3)11(17)14-6-9-15-10(16-19-9)7-4-5-8(13)18-7/h4-5H,6H2,1-3H3,(H,14,17). The molecule has 6 nitrogen and oxygen atoms in total. The first kappa shape index (κ1) is 13.8. The second-order valence-electron chi connectivity index (χ2n) is 5.05. The molecule has 0 atom stereocenters. The predicted octanol–water partition coefficient (Wildman–Crippen LogP) is 2.75. The molecule has 0 bridgehead atoms. The second kappa shape index (κ2) is 5.16. The van der Waals surface area contributed by atoms with Crippen molar-refractivity contribution in [1.82, 2.24) is 15.5 Å². The van der Waals surface area contributed by atoms with Crippen molar-refractivity contribution in [3.8, 4) is 11.6 Å². The summed E-state index contributed by atoms with van der Waals surface area (Å²) in [5.41, 5.74) is -0.450. The van der Waals surface area contributed by atoms with Crippen LogP contribution in [0.1, 0.15) is 26.7 Å². The lowest BCUT2D eigenvalue weighted by molar-refractivity contribution is -0.128. The van der Waals surface area contributed by atoms with E-state index in [-0.39, 0.29) is 12.5 Å². The van der Waals surface area contributed by atoms with Crippen LogP contribution in [0.25, 0.3) is 11.6 Å². The molecule has 2 aromatic heterocycles. The highest BCUT2D eigenvalue weighted by atomic mass is 79.9. The SMILES string of the molecule is CC(C)(C)C(=O)NCc1nc(-c2ccc(Br)o2)no1. The quantitative estimate of drug-likeness (QED) is 0.937. The van der Waals surface area contributed by atoms with Gasteiger partial charge < -0.3 is 14.3 Å². The molecular weight excluding hydrogens is 314 g/mol. The van der Waals surface area contributed by atoms with Crippen molar-refractivity contribution in [1.29, 1.82) is 0 Å². The van der Waals surface area contributed by atoms with Crippen molar-refractivity contribution >= 4 is 21.8 Å². The molecule has 0 fully saturated rings. The first-order valence-electron chi connectivity index (χ1n) is 5.73. The minimum atomic E-state index is -0.450. The third kappa shape index (κ3) is 3.44. The Balaban J connectivity index is 2.00. The van der Waals surface area contributed by atoms with E-state index in [0.717, 1.165) is 0 Å². The number of nitrogens with zero attached hydrogens (tertiary/aromatic N) is 2. The number of hydrogen-bond acceptors (Lipinski definition) is 5. The van der Waals surface area contributed by atoms with Crippen molar-refractivity contribution < 1.29 is 13.7 Å². The van der Waals surface area contributed by atoms with Gasteiger partial charge in [0.15, 0.2) is 10.4 Å². The van der Waals surface area contributed by atoms with Crippen LogP contribution in [-0.4, -0.2) is 16.0 Å². The van der Waals surface area contributed by atoms with Crippen LogP contribution in [0.4, 0.5) is 0 Å². The van der Waals surface area contributed by atoms with E-state index in [0.29, 0.717) is 22.1 Å². The molecule has 19 heavy (non-hydrogen) atoms. The van der Waals surface area contributed by atoms with Gasteiger partial charge in [0.2, 0.25) is 17.6 Å². The molecule has 0 saturated carbocycles. The molecule has 102 valence electrons. The van der Waals surface area contributed by atoms with Crippen LogP contribution in [0.3, 0.4) is 0 Å². The maximum Gasteiger partial charge on any atom is 0.246 e. The molecule has 2 rings (SSSR count). The molecule has 0 aromatic carbocycles. The maximum absolute atomic E-state index is 11.7. The van der Waals surface area contributed by atoms with E-state index >= 15 is 0 Å².